The summed E-state index contributed by atoms with van der Waals surface area (Å²) in [6, 6.07) is 0. The third kappa shape index (κ3) is 4.54. The van der Waals surface area contributed by atoms with Gasteiger partial charge in [0.1, 0.15) is 24.4 Å². The summed E-state index contributed by atoms with van der Waals surface area (Å²) in [6.45, 7) is 7.47. The maximum absolute atomic E-state index is 10.3. The van der Waals surface area contributed by atoms with Crippen LogP contribution in [0.25, 0.3) is 0 Å². The van der Waals surface area contributed by atoms with Gasteiger partial charge in [0.2, 0.25) is 0 Å². The number of ether oxygens (including phenoxy) is 3. The summed E-state index contributed by atoms with van der Waals surface area (Å²) in [4.78, 5) is 0. The minimum Gasteiger partial charge on any atom is -0.394 e. The van der Waals surface area contributed by atoms with Gasteiger partial charge in [-0.05, 0) is 19.8 Å². The molecule has 0 aliphatic carbocycles. The summed E-state index contributed by atoms with van der Waals surface area (Å²) in [5, 5.41) is 19.4. The van der Waals surface area contributed by atoms with Gasteiger partial charge in [-0.15, -0.1) is 0 Å². The predicted molar refractivity (Wildman–Crippen MR) is 71.7 cm³/mol. The van der Waals surface area contributed by atoms with Gasteiger partial charge < -0.3 is 24.4 Å². The van der Waals surface area contributed by atoms with Crippen LogP contribution in [0.1, 0.15) is 27.7 Å². The van der Waals surface area contributed by atoms with Crippen molar-refractivity contribution in [1.82, 2.24) is 0 Å². The van der Waals surface area contributed by atoms with Gasteiger partial charge >= 0.3 is 0 Å². The van der Waals surface area contributed by atoms with E-state index in [9.17, 15) is 10.2 Å². The Labute approximate surface area is 115 Å². The molecule has 112 valence electrons. The highest BCUT2D eigenvalue weighted by molar-refractivity contribution is 5.02. The lowest BCUT2D eigenvalue weighted by Crippen LogP contribution is -2.45. The molecule has 1 saturated heterocycles. The Morgan fingerprint density at radius 1 is 1.32 bits per heavy atom. The fraction of sp³-hybridized carbons (Fsp3) is 0.857. The lowest BCUT2D eigenvalue weighted by atomic mass is 10.0. The number of aliphatic hydroxyl groups is 2. The highest BCUT2D eigenvalue weighted by Crippen LogP contribution is 2.32. The largest absolute Gasteiger partial charge is 0.394 e. The van der Waals surface area contributed by atoms with E-state index in [0.29, 0.717) is 5.92 Å². The number of methoxy groups -OCH3 is 1. The second-order valence-electron chi connectivity index (χ2n) is 5.64. The van der Waals surface area contributed by atoms with Crippen molar-refractivity contribution >= 4 is 0 Å². The summed E-state index contributed by atoms with van der Waals surface area (Å²) < 4.78 is 16.5. The van der Waals surface area contributed by atoms with E-state index in [1.807, 2.05) is 12.2 Å². The first kappa shape index (κ1) is 16.6. The lowest BCUT2D eigenvalue weighted by Gasteiger charge is -2.26. The SMILES string of the molecule is CO[C@H](CO)[C@@H](O)[C@H]1OC(C)(C)O[C@@H]1/C=C/C(C)C. The van der Waals surface area contributed by atoms with Crippen molar-refractivity contribution in [1.29, 1.82) is 0 Å². The van der Waals surface area contributed by atoms with Crippen molar-refractivity contribution in [3.8, 4) is 0 Å². The van der Waals surface area contributed by atoms with Crippen LogP contribution in [0.4, 0.5) is 0 Å². The van der Waals surface area contributed by atoms with Gasteiger partial charge in [0.25, 0.3) is 0 Å². The Morgan fingerprint density at radius 3 is 2.42 bits per heavy atom. The Morgan fingerprint density at radius 2 is 1.95 bits per heavy atom. The average molecular weight is 274 g/mol. The van der Waals surface area contributed by atoms with Crippen LogP contribution in [-0.4, -0.2) is 54.1 Å². The zero-order valence-electron chi connectivity index (χ0n) is 12.4. The molecule has 0 radical (unpaired) electrons. The van der Waals surface area contributed by atoms with Gasteiger partial charge in [0, 0.05) is 7.11 Å². The topological polar surface area (TPSA) is 68.2 Å². The van der Waals surface area contributed by atoms with Crippen molar-refractivity contribution in [2.45, 2.75) is 57.9 Å². The molecule has 19 heavy (non-hydrogen) atoms. The first-order valence-corrected chi connectivity index (χ1v) is 6.66. The minimum atomic E-state index is -0.946. The molecule has 0 aromatic heterocycles. The van der Waals surface area contributed by atoms with E-state index >= 15 is 0 Å². The molecule has 1 heterocycles. The molecule has 0 spiro atoms. The number of hydrogen-bond donors (Lipinski definition) is 2. The van der Waals surface area contributed by atoms with Crippen molar-refractivity contribution in [3.63, 3.8) is 0 Å². The first-order valence-electron chi connectivity index (χ1n) is 6.66. The third-order valence-electron chi connectivity index (χ3n) is 3.05. The first-order chi connectivity index (χ1) is 8.80. The Hall–Kier alpha value is -0.460. The molecular formula is C14H26O5. The number of allylic oxidation sites excluding steroid dienone is 1. The summed E-state index contributed by atoms with van der Waals surface area (Å²) in [6.07, 6.45) is 1.38. The molecule has 1 fully saturated rings. The zero-order chi connectivity index (χ0) is 14.6. The fourth-order valence-electron chi connectivity index (χ4n) is 2.10. The van der Waals surface area contributed by atoms with Crippen LogP contribution < -0.4 is 0 Å². The third-order valence-corrected chi connectivity index (χ3v) is 3.05. The minimum absolute atomic E-state index is 0.265. The molecule has 1 aliphatic rings. The van der Waals surface area contributed by atoms with Crippen molar-refractivity contribution in [2.75, 3.05) is 13.7 Å². The molecule has 1 rings (SSSR count). The van der Waals surface area contributed by atoms with E-state index in [-0.39, 0.29) is 12.7 Å². The fourth-order valence-corrected chi connectivity index (χ4v) is 2.10. The number of aliphatic hydroxyl groups excluding tert-OH is 2. The van der Waals surface area contributed by atoms with Crippen LogP contribution in [0.5, 0.6) is 0 Å². The smallest absolute Gasteiger partial charge is 0.164 e. The molecule has 0 saturated carbocycles. The molecule has 0 aromatic carbocycles. The van der Waals surface area contributed by atoms with Gasteiger partial charge in [0.15, 0.2) is 5.79 Å². The normalized spacial score (nSPS) is 30.1. The quantitative estimate of drug-likeness (QED) is 0.710. The highest BCUT2D eigenvalue weighted by atomic mass is 16.8. The zero-order valence-corrected chi connectivity index (χ0v) is 12.4. The average Bonchev–Trinajstić information content (AvgIpc) is 2.63. The Bertz CT molecular complexity index is 296. The monoisotopic (exact) mass is 274 g/mol. The van der Waals surface area contributed by atoms with Crippen LogP contribution in [0.2, 0.25) is 0 Å². The van der Waals surface area contributed by atoms with Gasteiger partial charge in [-0.25, -0.2) is 0 Å². The van der Waals surface area contributed by atoms with Crippen molar-refractivity contribution < 1.29 is 24.4 Å². The van der Waals surface area contributed by atoms with Gasteiger partial charge in [-0.3, -0.25) is 0 Å². The van der Waals surface area contributed by atoms with E-state index in [1.165, 1.54) is 7.11 Å². The Balaban J connectivity index is 2.82. The van der Waals surface area contributed by atoms with Gasteiger partial charge in [-0.1, -0.05) is 26.0 Å². The molecule has 5 heteroatoms. The molecule has 0 unspecified atom stereocenters. The maximum Gasteiger partial charge on any atom is 0.164 e. The predicted octanol–water partition coefficient (Wildman–Crippen LogP) is 1.09. The number of rotatable bonds is 6. The van der Waals surface area contributed by atoms with E-state index in [2.05, 4.69) is 13.8 Å². The van der Waals surface area contributed by atoms with Gasteiger partial charge in [0.05, 0.1) is 6.61 Å². The maximum atomic E-state index is 10.3. The molecule has 5 nitrogen and oxygen atoms in total. The molecular weight excluding hydrogens is 248 g/mol. The standard InChI is InChI=1S/C14H26O5/c1-9(2)6-7-10-13(19-14(3,4)18-10)12(16)11(8-15)17-5/h6-7,9-13,15-16H,8H2,1-5H3/b7-6+/t10-,11-,12-,13+/m1/s1. The van der Waals surface area contributed by atoms with E-state index in [0.717, 1.165) is 0 Å². The summed E-state index contributed by atoms with van der Waals surface area (Å²) >= 11 is 0. The van der Waals surface area contributed by atoms with Crippen LogP contribution >= 0.6 is 0 Å². The van der Waals surface area contributed by atoms with Crippen LogP contribution in [0, 0.1) is 5.92 Å². The lowest BCUT2D eigenvalue weighted by molar-refractivity contribution is -0.166. The highest BCUT2D eigenvalue weighted by Gasteiger charge is 2.45. The van der Waals surface area contributed by atoms with Gasteiger partial charge in [-0.2, -0.15) is 0 Å². The molecule has 1 aliphatic heterocycles. The molecule has 2 N–H and O–H groups in total. The number of hydrogen-bond acceptors (Lipinski definition) is 5. The Kier molecular flexibility index (Phi) is 5.95. The summed E-state index contributed by atoms with van der Waals surface area (Å²) in [5.41, 5.74) is 0. The van der Waals surface area contributed by atoms with E-state index in [1.54, 1.807) is 13.8 Å². The molecule has 4 atom stereocenters. The van der Waals surface area contributed by atoms with E-state index in [4.69, 9.17) is 14.2 Å². The van der Waals surface area contributed by atoms with Crippen molar-refractivity contribution in [3.05, 3.63) is 12.2 Å². The summed E-state index contributed by atoms with van der Waals surface area (Å²) in [5.74, 6) is -0.369. The van der Waals surface area contributed by atoms with Crippen LogP contribution in [0.15, 0.2) is 12.2 Å². The van der Waals surface area contributed by atoms with Crippen LogP contribution in [-0.2, 0) is 14.2 Å². The summed E-state index contributed by atoms with van der Waals surface area (Å²) in [7, 11) is 1.45. The molecule has 0 aromatic rings. The van der Waals surface area contributed by atoms with E-state index < -0.39 is 24.1 Å². The second kappa shape index (κ2) is 6.81. The molecule has 0 amide bonds. The van der Waals surface area contributed by atoms with Crippen molar-refractivity contribution in [2.24, 2.45) is 5.92 Å². The molecule has 0 bridgehead atoms. The second-order valence-corrected chi connectivity index (χ2v) is 5.64. The van der Waals surface area contributed by atoms with Crippen LogP contribution in [0.3, 0.4) is 0 Å².